The number of hydrogen-bond acceptors (Lipinski definition) is 4. The summed E-state index contributed by atoms with van der Waals surface area (Å²) in [6.45, 7) is 2.49. The molecule has 1 aromatic heterocycles. The van der Waals surface area contributed by atoms with Crippen LogP contribution in [0.2, 0.25) is 0 Å². The molecule has 0 aliphatic carbocycles. The van der Waals surface area contributed by atoms with Gasteiger partial charge < -0.3 is 15.2 Å². The lowest BCUT2D eigenvalue weighted by Gasteiger charge is -2.21. The third kappa shape index (κ3) is 3.59. The summed E-state index contributed by atoms with van der Waals surface area (Å²) in [4.78, 5) is 0. The van der Waals surface area contributed by atoms with Gasteiger partial charge in [0.25, 0.3) is 0 Å². The summed E-state index contributed by atoms with van der Waals surface area (Å²) in [5.74, 6) is 0.783. The smallest absolute Gasteiger partial charge is 0.141 e. The minimum Gasteiger partial charge on any atom is -0.484 e. The number of ether oxygens (including phenoxy) is 2. The minimum absolute atomic E-state index is 0.134. The molecule has 0 aliphatic heterocycles. The number of rotatable bonds is 6. The Bertz CT molecular complexity index is 552. The van der Waals surface area contributed by atoms with Crippen LogP contribution in [0.3, 0.4) is 0 Å². The largest absolute Gasteiger partial charge is 0.484 e. The molecule has 0 saturated carbocycles. The van der Waals surface area contributed by atoms with Crippen LogP contribution < -0.4 is 10.5 Å². The standard InChI is InChI=1S/C15H21N3O2/c1-11(16)15(13-8-17-18(2)9-13)20-14-6-4-5-12(7-14)10-19-3/h4-9,11,15H,10,16H2,1-3H3. The molecule has 0 aliphatic rings. The molecule has 20 heavy (non-hydrogen) atoms. The molecule has 2 N–H and O–H groups in total. The predicted octanol–water partition coefficient (Wildman–Crippen LogP) is 2.03. The molecular weight excluding hydrogens is 254 g/mol. The van der Waals surface area contributed by atoms with Gasteiger partial charge in [-0.2, -0.15) is 5.10 Å². The molecule has 2 unspecified atom stereocenters. The van der Waals surface area contributed by atoms with Gasteiger partial charge in [-0.05, 0) is 24.6 Å². The van der Waals surface area contributed by atoms with Crippen LogP contribution in [0.4, 0.5) is 0 Å². The molecule has 5 nitrogen and oxygen atoms in total. The van der Waals surface area contributed by atoms with Gasteiger partial charge in [-0.3, -0.25) is 4.68 Å². The summed E-state index contributed by atoms with van der Waals surface area (Å²) in [6.07, 6.45) is 3.49. The molecule has 0 amide bonds. The summed E-state index contributed by atoms with van der Waals surface area (Å²) >= 11 is 0. The number of nitrogens with zero attached hydrogens (tertiary/aromatic N) is 2. The van der Waals surface area contributed by atoms with Gasteiger partial charge >= 0.3 is 0 Å². The van der Waals surface area contributed by atoms with Crippen molar-refractivity contribution in [3.05, 3.63) is 47.8 Å². The molecule has 0 radical (unpaired) electrons. The van der Waals surface area contributed by atoms with Crippen molar-refractivity contribution in [3.63, 3.8) is 0 Å². The van der Waals surface area contributed by atoms with E-state index in [0.717, 1.165) is 16.9 Å². The van der Waals surface area contributed by atoms with E-state index in [-0.39, 0.29) is 12.1 Å². The first kappa shape index (κ1) is 14.6. The zero-order chi connectivity index (χ0) is 14.5. The van der Waals surface area contributed by atoms with Crippen molar-refractivity contribution < 1.29 is 9.47 Å². The predicted molar refractivity (Wildman–Crippen MR) is 77.4 cm³/mol. The third-order valence-corrected chi connectivity index (χ3v) is 3.00. The van der Waals surface area contributed by atoms with Gasteiger partial charge in [0.15, 0.2) is 0 Å². The number of benzene rings is 1. The van der Waals surface area contributed by atoms with Crippen LogP contribution in [0.25, 0.3) is 0 Å². The number of nitrogens with two attached hydrogens (primary N) is 1. The van der Waals surface area contributed by atoms with Crippen molar-refractivity contribution in [2.45, 2.75) is 25.7 Å². The highest BCUT2D eigenvalue weighted by molar-refractivity contribution is 5.29. The van der Waals surface area contributed by atoms with Crippen LogP contribution >= 0.6 is 0 Å². The van der Waals surface area contributed by atoms with Crippen molar-refractivity contribution in [2.24, 2.45) is 12.8 Å². The zero-order valence-corrected chi connectivity index (χ0v) is 12.1. The van der Waals surface area contributed by atoms with E-state index in [2.05, 4.69) is 5.10 Å². The van der Waals surface area contributed by atoms with E-state index in [1.165, 1.54) is 0 Å². The van der Waals surface area contributed by atoms with E-state index in [1.807, 2.05) is 44.4 Å². The van der Waals surface area contributed by atoms with Crippen molar-refractivity contribution in [3.8, 4) is 5.75 Å². The Hall–Kier alpha value is -1.85. The van der Waals surface area contributed by atoms with Crippen LogP contribution in [0.15, 0.2) is 36.7 Å². The molecule has 5 heteroatoms. The molecule has 2 rings (SSSR count). The Balaban J connectivity index is 2.18. The van der Waals surface area contributed by atoms with Gasteiger partial charge in [0, 0.05) is 32.0 Å². The fourth-order valence-electron chi connectivity index (χ4n) is 2.09. The van der Waals surface area contributed by atoms with Crippen LogP contribution in [0.5, 0.6) is 5.75 Å². The quantitative estimate of drug-likeness (QED) is 0.876. The molecule has 2 aromatic rings. The Morgan fingerprint density at radius 3 is 2.80 bits per heavy atom. The van der Waals surface area contributed by atoms with E-state index in [1.54, 1.807) is 18.0 Å². The maximum Gasteiger partial charge on any atom is 0.141 e. The molecule has 1 aromatic carbocycles. The molecule has 1 heterocycles. The average Bonchev–Trinajstić information content (AvgIpc) is 2.83. The second kappa shape index (κ2) is 6.54. The Morgan fingerprint density at radius 2 is 2.20 bits per heavy atom. The SMILES string of the molecule is COCc1cccc(OC(c2cnn(C)c2)C(C)N)c1. The Morgan fingerprint density at radius 1 is 1.40 bits per heavy atom. The van der Waals surface area contributed by atoms with Gasteiger partial charge in [0.1, 0.15) is 11.9 Å². The molecule has 0 fully saturated rings. The summed E-state index contributed by atoms with van der Waals surface area (Å²) in [6, 6.07) is 7.71. The maximum atomic E-state index is 6.04. The van der Waals surface area contributed by atoms with Crippen molar-refractivity contribution in [2.75, 3.05) is 7.11 Å². The second-order valence-electron chi connectivity index (χ2n) is 4.93. The maximum absolute atomic E-state index is 6.04. The third-order valence-electron chi connectivity index (χ3n) is 3.00. The van der Waals surface area contributed by atoms with Crippen molar-refractivity contribution in [1.82, 2.24) is 9.78 Å². The normalized spacial score (nSPS) is 14.0. The molecular formula is C15H21N3O2. The molecule has 0 spiro atoms. The second-order valence-corrected chi connectivity index (χ2v) is 4.93. The topological polar surface area (TPSA) is 62.3 Å². The van der Waals surface area contributed by atoms with E-state index >= 15 is 0 Å². The van der Waals surface area contributed by atoms with Crippen molar-refractivity contribution >= 4 is 0 Å². The summed E-state index contributed by atoms with van der Waals surface area (Å²) in [5, 5.41) is 4.17. The minimum atomic E-state index is -0.221. The first-order chi connectivity index (χ1) is 9.60. The van der Waals surface area contributed by atoms with Gasteiger partial charge in [-0.15, -0.1) is 0 Å². The van der Waals surface area contributed by atoms with Crippen LogP contribution in [0.1, 0.15) is 24.2 Å². The van der Waals surface area contributed by atoms with Crippen LogP contribution in [-0.2, 0) is 18.4 Å². The first-order valence-corrected chi connectivity index (χ1v) is 6.59. The molecule has 0 bridgehead atoms. The van der Waals surface area contributed by atoms with Gasteiger partial charge in [0.2, 0.25) is 0 Å². The van der Waals surface area contributed by atoms with Crippen LogP contribution in [-0.4, -0.2) is 22.9 Å². The number of methoxy groups -OCH3 is 1. The van der Waals surface area contributed by atoms with E-state index in [9.17, 15) is 0 Å². The van der Waals surface area contributed by atoms with Gasteiger partial charge in [-0.1, -0.05) is 12.1 Å². The highest BCUT2D eigenvalue weighted by atomic mass is 16.5. The lowest BCUT2D eigenvalue weighted by Crippen LogP contribution is -2.28. The lowest BCUT2D eigenvalue weighted by molar-refractivity contribution is 0.175. The van der Waals surface area contributed by atoms with E-state index < -0.39 is 0 Å². The zero-order valence-electron chi connectivity index (χ0n) is 12.1. The van der Waals surface area contributed by atoms with Crippen LogP contribution in [0, 0.1) is 0 Å². The first-order valence-electron chi connectivity index (χ1n) is 6.59. The Kier molecular flexibility index (Phi) is 4.76. The lowest BCUT2D eigenvalue weighted by atomic mass is 10.1. The van der Waals surface area contributed by atoms with Gasteiger partial charge in [-0.25, -0.2) is 0 Å². The summed E-state index contributed by atoms with van der Waals surface area (Å²) < 4.78 is 12.9. The monoisotopic (exact) mass is 275 g/mol. The number of hydrogen-bond donors (Lipinski definition) is 1. The molecule has 2 atom stereocenters. The summed E-state index contributed by atoms with van der Waals surface area (Å²) in [7, 11) is 3.55. The molecule has 108 valence electrons. The fourth-order valence-corrected chi connectivity index (χ4v) is 2.09. The average molecular weight is 275 g/mol. The highest BCUT2D eigenvalue weighted by Crippen LogP contribution is 2.24. The van der Waals surface area contributed by atoms with Crippen molar-refractivity contribution in [1.29, 1.82) is 0 Å². The van der Waals surface area contributed by atoms with E-state index in [0.29, 0.717) is 6.61 Å². The van der Waals surface area contributed by atoms with E-state index in [4.69, 9.17) is 15.2 Å². The fraction of sp³-hybridized carbons (Fsp3) is 0.400. The summed E-state index contributed by atoms with van der Waals surface area (Å²) in [5.41, 5.74) is 8.08. The Labute approximate surface area is 119 Å². The number of aryl methyl sites for hydroxylation is 1. The van der Waals surface area contributed by atoms with Gasteiger partial charge in [0.05, 0.1) is 12.8 Å². The number of aromatic nitrogens is 2. The highest BCUT2D eigenvalue weighted by Gasteiger charge is 2.20. The molecule has 0 saturated heterocycles.